The van der Waals surface area contributed by atoms with Crippen LogP contribution in [0.15, 0.2) is 30.7 Å². The molecular formula is C18H21F2N3O4. The normalized spacial score (nSPS) is 13.3. The van der Waals surface area contributed by atoms with Gasteiger partial charge in [0.05, 0.1) is 6.33 Å². The van der Waals surface area contributed by atoms with Gasteiger partial charge in [0.2, 0.25) is 0 Å². The second-order valence-electron chi connectivity index (χ2n) is 6.23. The minimum absolute atomic E-state index is 0.0272. The monoisotopic (exact) mass is 381 g/mol. The summed E-state index contributed by atoms with van der Waals surface area (Å²) in [6.07, 6.45) is 3.72. The van der Waals surface area contributed by atoms with Crippen molar-refractivity contribution in [3.05, 3.63) is 53.6 Å². The molecular weight excluding hydrogens is 360 g/mol. The fourth-order valence-electron chi connectivity index (χ4n) is 2.80. The van der Waals surface area contributed by atoms with Crippen LogP contribution in [0.3, 0.4) is 0 Å². The molecule has 0 bridgehead atoms. The van der Waals surface area contributed by atoms with Crippen molar-refractivity contribution in [2.75, 3.05) is 0 Å². The molecule has 0 saturated heterocycles. The largest absolute Gasteiger partial charge is 0.480 e. The van der Waals surface area contributed by atoms with Gasteiger partial charge in [-0.2, -0.15) is 0 Å². The van der Waals surface area contributed by atoms with Crippen LogP contribution >= 0.6 is 0 Å². The molecule has 0 aliphatic carbocycles. The lowest BCUT2D eigenvalue weighted by molar-refractivity contribution is -0.142. The predicted molar refractivity (Wildman–Crippen MR) is 92.3 cm³/mol. The van der Waals surface area contributed by atoms with Gasteiger partial charge < -0.3 is 14.8 Å². The van der Waals surface area contributed by atoms with Crippen LogP contribution < -0.4 is 5.32 Å². The molecule has 2 aromatic rings. The molecule has 0 saturated carbocycles. The van der Waals surface area contributed by atoms with Gasteiger partial charge in [0.25, 0.3) is 0 Å². The Balaban J connectivity index is 2.16. The Kier molecular flexibility index (Phi) is 7.00. The fraction of sp³-hybridized carbons (Fsp3) is 0.389. The van der Waals surface area contributed by atoms with Crippen molar-refractivity contribution in [1.29, 1.82) is 0 Å². The molecule has 0 fully saturated rings. The Labute approximate surface area is 154 Å². The smallest absolute Gasteiger partial charge is 0.321 e. The van der Waals surface area contributed by atoms with Crippen LogP contribution in [0.1, 0.15) is 31.0 Å². The van der Waals surface area contributed by atoms with E-state index in [1.165, 1.54) is 24.7 Å². The SMILES string of the molecule is CCCC(NC(Cc1cncn1Cc1cc(F)cc(F)c1)C(=O)O)C(=O)O. The van der Waals surface area contributed by atoms with E-state index in [2.05, 4.69) is 10.3 Å². The number of carbonyl (C=O) groups is 2. The highest BCUT2D eigenvalue weighted by Gasteiger charge is 2.26. The lowest BCUT2D eigenvalue weighted by Gasteiger charge is -2.20. The molecule has 3 N–H and O–H groups in total. The van der Waals surface area contributed by atoms with Gasteiger partial charge in [0.1, 0.15) is 23.7 Å². The molecule has 2 rings (SSSR count). The third-order valence-corrected chi connectivity index (χ3v) is 4.06. The number of carboxylic acids is 2. The highest BCUT2D eigenvalue weighted by Crippen LogP contribution is 2.13. The molecule has 0 spiro atoms. The van der Waals surface area contributed by atoms with Crippen LogP contribution in [0, 0.1) is 11.6 Å². The molecule has 9 heteroatoms. The summed E-state index contributed by atoms with van der Waals surface area (Å²) in [5.41, 5.74) is 0.862. The van der Waals surface area contributed by atoms with Crippen molar-refractivity contribution >= 4 is 11.9 Å². The first-order valence-electron chi connectivity index (χ1n) is 8.45. The van der Waals surface area contributed by atoms with Gasteiger partial charge in [-0.1, -0.05) is 13.3 Å². The van der Waals surface area contributed by atoms with Crippen LogP contribution in [0.25, 0.3) is 0 Å². The maximum absolute atomic E-state index is 13.4. The molecule has 1 aromatic carbocycles. The van der Waals surface area contributed by atoms with Gasteiger partial charge in [-0.05, 0) is 24.1 Å². The summed E-state index contributed by atoms with van der Waals surface area (Å²) in [6, 6.07) is 1.01. The highest BCUT2D eigenvalue weighted by molar-refractivity contribution is 5.77. The van der Waals surface area contributed by atoms with Crippen LogP contribution in [0.2, 0.25) is 0 Å². The van der Waals surface area contributed by atoms with Crippen LogP contribution in [0.5, 0.6) is 0 Å². The van der Waals surface area contributed by atoms with Crippen molar-refractivity contribution in [2.24, 2.45) is 0 Å². The number of aliphatic carboxylic acids is 2. The lowest BCUT2D eigenvalue weighted by Crippen LogP contribution is -2.48. The third kappa shape index (κ3) is 5.85. The summed E-state index contributed by atoms with van der Waals surface area (Å²) in [7, 11) is 0. The molecule has 1 heterocycles. The standard InChI is InChI=1S/C18H21F2N3O4/c1-2-3-15(17(24)25)22-16(18(26)27)7-14-8-21-10-23(14)9-11-4-12(19)6-13(20)5-11/h4-6,8,10,15-16,22H,2-3,7,9H2,1H3,(H,24,25)(H,26,27). The number of carboxylic acid groups (broad SMARTS) is 2. The maximum Gasteiger partial charge on any atom is 0.321 e. The molecule has 2 atom stereocenters. The zero-order valence-corrected chi connectivity index (χ0v) is 14.7. The van der Waals surface area contributed by atoms with E-state index in [-0.39, 0.29) is 13.0 Å². The summed E-state index contributed by atoms with van der Waals surface area (Å²) in [6.45, 7) is 1.91. The van der Waals surface area contributed by atoms with Crippen LogP contribution in [-0.2, 0) is 22.6 Å². The Bertz CT molecular complexity index is 789. The topological polar surface area (TPSA) is 104 Å². The molecule has 0 aliphatic heterocycles. The van der Waals surface area contributed by atoms with Crippen molar-refractivity contribution in [1.82, 2.24) is 14.9 Å². The Morgan fingerprint density at radius 2 is 1.78 bits per heavy atom. The number of nitrogens with one attached hydrogen (secondary N) is 1. The quantitative estimate of drug-likeness (QED) is 0.582. The van der Waals surface area contributed by atoms with Crippen molar-refractivity contribution < 1.29 is 28.6 Å². The van der Waals surface area contributed by atoms with E-state index in [9.17, 15) is 28.6 Å². The van der Waals surface area contributed by atoms with Crippen LogP contribution in [-0.4, -0.2) is 43.8 Å². The average molecular weight is 381 g/mol. The van der Waals surface area contributed by atoms with Crippen molar-refractivity contribution in [2.45, 2.75) is 44.8 Å². The molecule has 27 heavy (non-hydrogen) atoms. The number of nitrogens with zero attached hydrogens (tertiary/aromatic N) is 2. The first-order chi connectivity index (χ1) is 12.8. The number of hydrogen-bond donors (Lipinski definition) is 3. The molecule has 2 unspecified atom stereocenters. The number of hydrogen-bond acceptors (Lipinski definition) is 4. The minimum Gasteiger partial charge on any atom is -0.480 e. The summed E-state index contributed by atoms with van der Waals surface area (Å²) >= 11 is 0. The van der Waals surface area contributed by atoms with E-state index < -0.39 is 35.7 Å². The van der Waals surface area contributed by atoms with E-state index in [0.717, 1.165) is 6.07 Å². The Morgan fingerprint density at radius 3 is 2.33 bits per heavy atom. The third-order valence-electron chi connectivity index (χ3n) is 4.06. The number of halogens is 2. The highest BCUT2D eigenvalue weighted by atomic mass is 19.1. The van der Waals surface area contributed by atoms with Crippen molar-refractivity contribution in [3.63, 3.8) is 0 Å². The fourth-order valence-corrected chi connectivity index (χ4v) is 2.80. The van der Waals surface area contributed by atoms with Gasteiger partial charge in [-0.3, -0.25) is 14.9 Å². The summed E-state index contributed by atoms with van der Waals surface area (Å²) in [5.74, 6) is -3.73. The molecule has 1 aromatic heterocycles. The van der Waals surface area contributed by atoms with Crippen LogP contribution in [0.4, 0.5) is 8.78 Å². The average Bonchev–Trinajstić information content (AvgIpc) is 2.99. The molecule has 0 amide bonds. The summed E-state index contributed by atoms with van der Waals surface area (Å²) in [4.78, 5) is 26.8. The first-order valence-corrected chi connectivity index (χ1v) is 8.45. The molecule has 0 aliphatic rings. The number of benzene rings is 1. The van der Waals surface area contributed by atoms with E-state index in [0.29, 0.717) is 24.1 Å². The number of rotatable bonds is 10. The van der Waals surface area contributed by atoms with E-state index in [1.54, 1.807) is 11.5 Å². The number of imidazole rings is 1. The number of aromatic nitrogens is 2. The van der Waals surface area contributed by atoms with Gasteiger partial charge in [-0.25, -0.2) is 13.8 Å². The molecule has 7 nitrogen and oxygen atoms in total. The van der Waals surface area contributed by atoms with E-state index in [1.807, 2.05) is 0 Å². The zero-order chi connectivity index (χ0) is 20.0. The second-order valence-corrected chi connectivity index (χ2v) is 6.23. The van der Waals surface area contributed by atoms with Crippen molar-refractivity contribution in [3.8, 4) is 0 Å². The first kappa shape index (κ1) is 20.5. The van der Waals surface area contributed by atoms with Gasteiger partial charge in [0.15, 0.2) is 0 Å². The predicted octanol–water partition coefficient (Wildman–Crippen LogP) is 2.05. The van der Waals surface area contributed by atoms with Gasteiger partial charge in [0, 0.05) is 30.9 Å². The van der Waals surface area contributed by atoms with Gasteiger partial charge in [-0.15, -0.1) is 0 Å². The van der Waals surface area contributed by atoms with E-state index >= 15 is 0 Å². The second kappa shape index (κ2) is 9.22. The molecule has 146 valence electrons. The lowest BCUT2D eigenvalue weighted by atomic mass is 10.1. The van der Waals surface area contributed by atoms with Gasteiger partial charge >= 0.3 is 11.9 Å². The molecule has 0 radical (unpaired) electrons. The van der Waals surface area contributed by atoms with E-state index in [4.69, 9.17) is 0 Å². The Morgan fingerprint density at radius 1 is 1.15 bits per heavy atom. The maximum atomic E-state index is 13.4. The zero-order valence-electron chi connectivity index (χ0n) is 14.7. The minimum atomic E-state index is -1.19. The summed E-state index contributed by atoms with van der Waals surface area (Å²) < 4.78 is 28.3. The Hall–Kier alpha value is -2.81. The summed E-state index contributed by atoms with van der Waals surface area (Å²) in [5, 5.41) is 21.3.